The fourth-order valence-electron chi connectivity index (χ4n) is 4.14. The van der Waals surface area contributed by atoms with Gasteiger partial charge in [0.25, 0.3) is 5.91 Å². The number of amides is 4. The van der Waals surface area contributed by atoms with Crippen molar-refractivity contribution in [3.63, 3.8) is 0 Å². The minimum atomic E-state index is -0.666. The van der Waals surface area contributed by atoms with E-state index in [9.17, 15) is 14.4 Å². The number of hydrogen-bond donors (Lipinski definition) is 1. The van der Waals surface area contributed by atoms with E-state index in [4.69, 9.17) is 0 Å². The third-order valence-electron chi connectivity index (χ3n) is 5.81. The molecular formula is C21H29N3O3. The molecule has 1 aromatic carbocycles. The maximum Gasteiger partial charge on any atom is 0.325 e. The molecule has 0 unspecified atom stereocenters. The van der Waals surface area contributed by atoms with Crippen LogP contribution in [0.4, 0.5) is 4.79 Å². The van der Waals surface area contributed by atoms with Gasteiger partial charge in [0.2, 0.25) is 5.91 Å². The fourth-order valence-corrected chi connectivity index (χ4v) is 4.14. The van der Waals surface area contributed by atoms with E-state index in [0.717, 1.165) is 31.2 Å². The summed E-state index contributed by atoms with van der Waals surface area (Å²) in [5, 5.41) is 2.88. The van der Waals surface area contributed by atoms with Gasteiger partial charge in [-0.2, -0.15) is 0 Å². The summed E-state index contributed by atoms with van der Waals surface area (Å²) in [4.78, 5) is 40.2. The van der Waals surface area contributed by atoms with Crippen molar-refractivity contribution in [2.75, 3.05) is 13.6 Å². The van der Waals surface area contributed by atoms with E-state index < -0.39 is 5.54 Å². The van der Waals surface area contributed by atoms with E-state index in [1.807, 2.05) is 0 Å². The molecule has 0 atom stereocenters. The zero-order valence-electron chi connectivity index (χ0n) is 16.5. The summed E-state index contributed by atoms with van der Waals surface area (Å²) in [6.07, 6.45) is 4.22. The quantitative estimate of drug-likeness (QED) is 0.782. The van der Waals surface area contributed by atoms with E-state index in [2.05, 4.69) is 37.4 Å². The van der Waals surface area contributed by atoms with Gasteiger partial charge in [-0.15, -0.1) is 0 Å². The number of carbonyl (C=O) groups excluding carboxylic acids is 3. The van der Waals surface area contributed by atoms with Crippen molar-refractivity contribution in [2.45, 2.75) is 64.5 Å². The zero-order valence-corrected chi connectivity index (χ0v) is 16.5. The van der Waals surface area contributed by atoms with Crippen molar-refractivity contribution in [1.82, 2.24) is 15.1 Å². The van der Waals surface area contributed by atoms with Gasteiger partial charge in [0.05, 0.1) is 0 Å². The van der Waals surface area contributed by atoms with Crippen LogP contribution in [0.3, 0.4) is 0 Å². The zero-order chi connectivity index (χ0) is 19.6. The van der Waals surface area contributed by atoms with Crippen LogP contribution in [0.2, 0.25) is 0 Å². The molecule has 1 N–H and O–H groups in total. The Hall–Kier alpha value is -2.37. The largest absolute Gasteiger partial charge is 0.341 e. The SMILES string of the molecule is Cc1ccc(CN(C)C(=O)CCCN2C(=O)NC3(CCCC3)C2=O)c(C)c1. The Morgan fingerprint density at radius 3 is 2.59 bits per heavy atom. The monoisotopic (exact) mass is 371 g/mol. The summed E-state index contributed by atoms with van der Waals surface area (Å²) in [6.45, 7) is 4.97. The van der Waals surface area contributed by atoms with Gasteiger partial charge in [-0.3, -0.25) is 14.5 Å². The molecule has 6 heteroatoms. The number of nitrogens with zero attached hydrogens (tertiary/aromatic N) is 2. The van der Waals surface area contributed by atoms with Crippen LogP contribution in [0.15, 0.2) is 18.2 Å². The molecule has 0 bridgehead atoms. The maximum atomic E-state index is 12.6. The van der Waals surface area contributed by atoms with Gasteiger partial charge < -0.3 is 10.2 Å². The molecule has 2 aliphatic rings. The number of hydrogen-bond acceptors (Lipinski definition) is 3. The van der Waals surface area contributed by atoms with Gasteiger partial charge in [-0.25, -0.2) is 4.79 Å². The number of rotatable bonds is 6. The number of benzene rings is 1. The van der Waals surface area contributed by atoms with E-state index in [0.29, 0.717) is 25.9 Å². The summed E-state index contributed by atoms with van der Waals surface area (Å²) in [5.74, 6) is -0.0845. The van der Waals surface area contributed by atoms with Crippen LogP contribution in [-0.2, 0) is 16.1 Å². The first-order valence-corrected chi connectivity index (χ1v) is 9.77. The highest BCUT2D eigenvalue weighted by Crippen LogP contribution is 2.35. The van der Waals surface area contributed by atoms with Gasteiger partial charge in [0.1, 0.15) is 5.54 Å². The van der Waals surface area contributed by atoms with Crippen molar-refractivity contribution >= 4 is 17.8 Å². The number of urea groups is 1. The molecule has 1 aromatic rings. The molecule has 1 spiro atoms. The normalized spacial score (nSPS) is 18.3. The lowest BCUT2D eigenvalue weighted by Crippen LogP contribution is -2.44. The maximum absolute atomic E-state index is 12.6. The lowest BCUT2D eigenvalue weighted by molar-refractivity contribution is -0.133. The predicted octanol–water partition coefficient (Wildman–Crippen LogP) is 2.91. The molecule has 3 rings (SSSR count). The molecule has 1 heterocycles. The second-order valence-electron chi connectivity index (χ2n) is 7.96. The van der Waals surface area contributed by atoms with Crippen LogP contribution in [0.25, 0.3) is 0 Å². The van der Waals surface area contributed by atoms with Crippen molar-refractivity contribution in [1.29, 1.82) is 0 Å². The highest BCUT2D eigenvalue weighted by molar-refractivity contribution is 6.07. The molecule has 1 aliphatic carbocycles. The molecular weight excluding hydrogens is 342 g/mol. The Balaban J connectivity index is 1.49. The van der Waals surface area contributed by atoms with Crippen molar-refractivity contribution in [3.8, 4) is 0 Å². The molecule has 1 saturated heterocycles. The Labute approximate surface area is 160 Å². The molecule has 1 aliphatic heterocycles. The smallest absolute Gasteiger partial charge is 0.325 e. The third-order valence-corrected chi connectivity index (χ3v) is 5.81. The molecule has 146 valence electrons. The van der Waals surface area contributed by atoms with E-state index >= 15 is 0 Å². The molecule has 27 heavy (non-hydrogen) atoms. The average molecular weight is 371 g/mol. The lowest BCUT2D eigenvalue weighted by Gasteiger charge is -2.21. The number of imide groups is 1. The summed E-state index contributed by atoms with van der Waals surface area (Å²) < 4.78 is 0. The van der Waals surface area contributed by atoms with Gasteiger partial charge in [-0.05, 0) is 44.2 Å². The molecule has 0 radical (unpaired) electrons. The predicted molar refractivity (Wildman–Crippen MR) is 103 cm³/mol. The minimum Gasteiger partial charge on any atom is -0.341 e. The molecule has 1 saturated carbocycles. The van der Waals surface area contributed by atoms with Crippen LogP contribution >= 0.6 is 0 Å². The fraction of sp³-hybridized carbons (Fsp3) is 0.571. The van der Waals surface area contributed by atoms with Crippen LogP contribution in [0, 0.1) is 13.8 Å². The van der Waals surface area contributed by atoms with Crippen LogP contribution < -0.4 is 5.32 Å². The highest BCUT2D eigenvalue weighted by Gasteiger charge is 2.52. The minimum absolute atomic E-state index is 0.0256. The Bertz CT molecular complexity index is 753. The van der Waals surface area contributed by atoms with Crippen LogP contribution in [0.5, 0.6) is 0 Å². The van der Waals surface area contributed by atoms with Gasteiger partial charge in [-0.1, -0.05) is 36.6 Å². The summed E-state index contributed by atoms with van der Waals surface area (Å²) in [7, 11) is 1.79. The van der Waals surface area contributed by atoms with Crippen molar-refractivity contribution in [2.24, 2.45) is 0 Å². The molecule has 4 amide bonds. The Kier molecular flexibility index (Phi) is 5.53. The second kappa shape index (κ2) is 7.71. The summed E-state index contributed by atoms with van der Waals surface area (Å²) >= 11 is 0. The van der Waals surface area contributed by atoms with E-state index in [1.54, 1.807) is 11.9 Å². The summed E-state index contributed by atoms with van der Waals surface area (Å²) in [5.41, 5.74) is 2.85. The first-order chi connectivity index (χ1) is 12.8. The standard InChI is InChI=1S/C21H29N3O3/c1-15-8-9-17(16(2)13-15)14-23(3)18(25)7-6-12-24-19(26)21(22-20(24)27)10-4-5-11-21/h8-9,13H,4-7,10-12,14H2,1-3H3,(H,22,27). The lowest BCUT2D eigenvalue weighted by atomic mass is 9.98. The van der Waals surface area contributed by atoms with Gasteiger partial charge >= 0.3 is 6.03 Å². The van der Waals surface area contributed by atoms with Crippen LogP contribution in [-0.4, -0.2) is 46.8 Å². The topological polar surface area (TPSA) is 69.7 Å². The van der Waals surface area contributed by atoms with E-state index in [1.165, 1.54) is 16.0 Å². The van der Waals surface area contributed by atoms with Gasteiger partial charge in [0.15, 0.2) is 0 Å². The first-order valence-electron chi connectivity index (χ1n) is 9.77. The van der Waals surface area contributed by atoms with Crippen LogP contribution in [0.1, 0.15) is 55.2 Å². The second-order valence-corrected chi connectivity index (χ2v) is 7.96. The number of aryl methyl sites for hydroxylation is 2. The Morgan fingerprint density at radius 2 is 1.93 bits per heavy atom. The highest BCUT2D eigenvalue weighted by atomic mass is 16.2. The average Bonchev–Trinajstić information content (AvgIpc) is 3.17. The molecule has 2 fully saturated rings. The Morgan fingerprint density at radius 1 is 1.22 bits per heavy atom. The van der Waals surface area contributed by atoms with Crippen molar-refractivity contribution in [3.05, 3.63) is 34.9 Å². The summed E-state index contributed by atoms with van der Waals surface area (Å²) in [6, 6.07) is 5.92. The first kappa shape index (κ1) is 19.4. The third kappa shape index (κ3) is 3.99. The molecule has 0 aromatic heterocycles. The number of nitrogens with one attached hydrogen (secondary N) is 1. The molecule has 6 nitrogen and oxygen atoms in total. The van der Waals surface area contributed by atoms with Crippen molar-refractivity contribution < 1.29 is 14.4 Å². The van der Waals surface area contributed by atoms with E-state index in [-0.39, 0.29) is 17.8 Å². The van der Waals surface area contributed by atoms with Gasteiger partial charge in [0, 0.05) is 26.6 Å². The number of carbonyl (C=O) groups is 3.